The van der Waals surface area contributed by atoms with E-state index in [1.165, 1.54) is 0 Å². The van der Waals surface area contributed by atoms with Crippen LogP contribution in [0.2, 0.25) is 0 Å². The third kappa shape index (κ3) is 8.18. The predicted molar refractivity (Wildman–Crippen MR) is 127 cm³/mol. The molecule has 1 heterocycles. The highest BCUT2D eigenvalue weighted by Gasteiger charge is 2.09. The maximum atomic E-state index is 12.3. The smallest absolute Gasteiger partial charge is 0.311 e. The average Bonchev–Trinajstić information content (AvgIpc) is 2.79. The van der Waals surface area contributed by atoms with E-state index in [-0.39, 0.29) is 11.9 Å². The number of benzene rings is 2. The van der Waals surface area contributed by atoms with Gasteiger partial charge in [-0.25, -0.2) is 0 Å². The molecule has 0 saturated carbocycles. The second-order valence-electron chi connectivity index (χ2n) is 8.01. The summed E-state index contributed by atoms with van der Waals surface area (Å²) in [6, 6.07) is 15.4. The number of para-hydroxylation sites is 2. The molecular formula is C28H32O4. The van der Waals surface area contributed by atoms with Crippen molar-refractivity contribution in [2.45, 2.75) is 64.2 Å². The first-order valence-corrected chi connectivity index (χ1v) is 11.6. The lowest BCUT2D eigenvalue weighted by atomic mass is 10.1. The number of carbonyl (C=O) groups is 2. The molecule has 0 fully saturated rings. The number of allylic oxidation sites excluding steroid dienone is 4. The van der Waals surface area contributed by atoms with E-state index in [0.29, 0.717) is 37.2 Å². The lowest BCUT2D eigenvalue weighted by molar-refractivity contribution is -0.135. The van der Waals surface area contributed by atoms with Crippen molar-refractivity contribution < 1.29 is 19.1 Å². The van der Waals surface area contributed by atoms with Gasteiger partial charge in [-0.15, -0.1) is 0 Å². The Kier molecular flexibility index (Phi) is 9.78. The van der Waals surface area contributed by atoms with Crippen LogP contribution < -0.4 is 9.47 Å². The molecule has 2 aromatic rings. The summed E-state index contributed by atoms with van der Waals surface area (Å²) in [4.78, 5) is 24.5. The lowest BCUT2D eigenvalue weighted by Gasteiger charge is -2.09. The van der Waals surface area contributed by atoms with Crippen molar-refractivity contribution in [3.63, 3.8) is 0 Å². The molecule has 1 aliphatic heterocycles. The van der Waals surface area contributed by atoms with Gasteiger partial charge in [-0.3, -0.25) is 9.59 Å². The van der Waals surface area contributed by atoms with Gasteiger partial charge in [0.2, 0.25) is 0 Å². The Hall–Kier alpha value is -3.14. The van der Waals surface area contributed by atoms with Crippen molar-refractivity contribution in [3.8, 4) is 11.5 Å². The Labute approximate surface area is 190 Å². The van der Waals surface area contributed by atoms with E-state index in [4.69, 9.17) is 9.47 Å². The van der Waals surface area contributed by atoms with Crippen molar-refractivity contribution in [2.24, 2.45) is 0 Å². The summed E-state index contributed by atoms with van der Waals surface area (Å²) < 4.78 is 11.2. The highest BCUT2D eigenvalue weighted by atomic mass is 16.5. The quantitative estimate of drug-likeness (QED) is 0.270. The van der Waals surface area contributed by atoms with Crippen LogP contribution in [0.5, 0.6) is 11.5 Å². The van der Waals surface area contributed by atoms with Gasteiger partial charge in [0.1, 0.15) is 11.5 Å². The van der Waals surface area contributed by atoms with E-state index in [1.54, 1.807) is 0 Å². The number of ether oxygens (including phenoxy) is 2. The van der Waals surface area contributed by atoms with Gasteiger partial charge in [0.25, 0.3) is 0 Å². The largest absolute Gasteiger partial charge is 0.426 e. The maximum absolute atomic E-state index is 12.3. The number of fused-ring (bicyclic) bond motifs is 2. The summed E-state index contributed by atoms with van der Waals surface area (Å²) in [5.41, 5.74) is 2.01. The molecule has 32 heavy (non-hydrogen) atoms. The minimum absolute atomic E-state index is 0.178. The molecule has 2 aromatic carbocycles. The van der Waals surface area contributed by atoms with Crippen molar-refractivity contribution in [1.29, 1.82) is 0 Å². The highest BCUT2D eigenvalue weighted by molar-refractivity contribution is 5.73. The second kappa shape index (κ2) is 13.3. The number of hydrogen-bond acceptors (Lipinski definition) is 4. The maximum Gasteiger partial charge on any atom is 0.311 e. The van der Waals surface area contributed by atoms with E-state index in [9.17, 15) is 9.59 Å². The molecule has 0 N–H and O–H groups in total. The van der Waals surface area contributed by atoms with Gasteiger partial charge in [0, 0.05) is 12.8 Å². The van der Waals surface area contributed by atoms with Crippen LogP contribution in [0, 0.1) is 0 Å². The first-order valence-electron chi connectivity index (χ1n) is 11.6. The lowest BCUT2D eigenvalue weighted by Crippen LogP contribution is -2.09. The fraction of sp³-hybridized carbons (Fsp3) is 0.357. The Morgan fingerprint density at radius 2 is 0.969 bits per heavy atom. The topological polar surface area (TPSA) is 52.6 Å². The number of carbonyl (C=O) groups excluding carboxylic acids is 2. The summed E-state index contributed by atoms with van der Waals surface area (Å²) in [5, 5.41) is 0. The summed E-state index contributed by atoms with van der Waals surface area (Å²) >= 11 is 0. The van der Waals surface area contributed by atoms with E-state index < -0.39 is 0 Å². The fourth-order valence-corrected chi connectivity index (χ4v) is 3.61. The Balaban J connectivity index is 1.63. The molecule has 1 aliphatic rings. The van der Waals surface area contributed by atoms with Gasteiger partial charge in [0.15, 0.2) is 0 Å². The third-order valence-corrected chi connectivity index (χ3v) is 5.41. The van der Waals surface area contributed by atoms with Crippen LogP contribution in [0.25, 0.3) is 0 Å². The molecule has 4 heteroatoms. The van der Waals surface area contributed by atoms with Crippen LogP contribution in [-0.4, -0.2) is 11.9 Å². The molecule has 3 rings (SSSR count). The van der Waals surface area contributed by atoms with Gasteiger partial charge < -0.3 is 9.47 Å². The summed E-state index contributed by atoms with van der Waals surface area (Å²) in [6.07, 6.45) is 15.9. The number of esters is 2. The third-order valence-electron chi connectivity index (χ3n) is 5.41. The number of hydrogen-bond donors (Lipinski definition) is 0. The van der Waals surface area contributed by atoms with E-state index in [1.807, 2.05) is 48.5 Å². The van der Waals surface area contributed by atoms with Gasteiger partial charge >= 0.3 is 11.9 Å². The molecule has 4 nitrogen and oxygen atoms in total. The number of rotatable bonds is 0. The Bertz CT molecular complexity index is 864. The molecule has 0 atom stereocenters. The predicted octanol–water partition coefficient (Wildman–Crippen LogP) is 6.53. The van der Waals surface area contributed by atoms with Gasteiger partial charge in [-0.1, -0.05) is 60.7 Å². The van der Waals surface area contributed by atoms with Crippen molar-refractivity contribution in [2.75, 3.05) is 0 Å². The van der Waals surface area contributed by atoms with Crippen LogP contribution in [-0.2, 0) is 22.4 Å². The summed E-state index contributed by atoms with van der Waals surface area (Å²) in [5.74, 6) is 0.933. The van der Waals surface area contributed by atoms with Crippen LogP contribution >= 0.6 is 0 Å². The first-order chi connectivity index (χ1) is 15.7. The van der Waals surface area contributed by atoms with Crippen LogP contribution in [0.1, 0.15) is 62.5 Å². The van der Waals surface area contributed by atoms with Crippen LogP contribution in [0.15, 0.2) is 72.8 Å². The monoisotopic (exact) mass is 432 g/mol. The van der Waals surface area contributed by atoms with Gasteiger partial charge in [-0.2, -0.15) is 0 Å². The van der Waals surface area contributed by atoms with Crippen molar-refractivity contribution in [1.82, 2.24) is 0 Å². The first kappa shape index (κ1) is 23.5. The zero-order valence-electron chi connectivity index (χ0n) is 18.6. The molecule has 0 unspecified atom stereocenters. The van der Waals surface area contributed by atoms with Gasteiger partial charge in [0.05, 0.1) is 0 Å². The van der Waals surface area contributed by atoms with Crippen molar-refractivity contribution in [3.05, 3.63) is 84.0 Å². The molecule has 0 aromatic heterocycles. The SMILES string of the molecule is O=C1CCCC/C=C/Cc2ccccc2OC(=O)CCCC/C=C/Cc2ccccc2O1. The van der Waals surface area contributed by atoms with E-state index in [2.05, 4.69) is 24.3 Å². The zero-order valence-corrected chi connectivity index (χ0v) is 18.6. The summed E-state index contributed by atoms with van der Waals surface area (Å²) in [7, 11) is 0. The minimum atomic E-state index is -0.178. The Morgan fingerprint density at radius 3 is 1.44 bits per heavy atom. The van der Waals surface area contributed by atoms with Crippen molar-refractivity contribution >= 4 is 11.9 Å². The minimum Gasteiger partial charge on any atom is -0.426 e. The Morgan fingerprint density at radius 1 is 0.531 bits per heavy atom. The molecule has 168 valence electrons. The van der Waals surface area contributed by atoms with E-state index in [0.717, 1.165) is 49.7 Å². The summed E-state index contributed by atoms with van der Waals surface area (Å²) in [6.45, 7) is 0. The fourth-order valence-electron chi connectivity index (χ4n) is 3.61. The standard InChI is InChI=1S/C28H32O4/c29-27-21-9-5-1-3-7-15-23-17-11-13-19-25(23)32-28(30)22-10-6-2-4-8-16-24-18-12-14-20-26(24)31-27/h3-4,7-8,11-14,17-20H,1-2,5-6,9-10,15-16,21-22H2/b7-3+,8-4+. The van der Waals surface area contributed by atoms with E-state index >= 15 is 0 Å². The molecule has 0 spiro atoms. The molecule has 0 saturated heterocycles. The molecule has 0 bridgehead atoms. The van der Waals surface area contributed by atoms with Crippen LogP contribution in [0.4, 0.5) is 0 Å². The second-order valence-corrected chi connectivity index (χ2v) is 8.01. The highest BCUT2D eigenvalue weighted by Crippen LogP contribution is 2.22. The molecule has 0 aliphatic carbocycles. The normalized spacial score (nSPS) is 19.1. The van der Waals surface area contributed by atoms with Gasteiger partial charge in [-0.05, 0) is 74.6 Å². The molecular weight excluding hydrogens is 400 g/mol. The molecule has 0 amide bonds. The molecule has 0 radical (unpaired) electrons. The average molecular weight is 433 g/mol. The zero-order chi connectivity index (χ0) is 22.4. The van der Waals surface area contributed by atoms with Crippen LogP contribution in [0.3, 0.4) is 0 Å².